The maximum Gasteiger partial charge on any atom is 0.509 e. The van der Waals surface area contributed by atoms with Gasteiger partial charge in [0.15, 0.2) is 11.4 Å². The standard InChI is InChI=1S/C23H32O7/c1-11-7-16-23(30-20(25)29-16)9-13-12-10-28-14(12)8-15(26-5)22(13,4)19(24)18(27-6)17(11)21(23,2)3/h12-16,18H,7-10H2,1-6H3. The van der Waals surface area contributed by atoms with Gasteiger partial charge in [-0.05, 0) is 31.8 Å². The summed E-state index contributed by atoms with van der Waals surface area (Å²) in [6.45, 7) is 8.77. The molecule has 0 aromatic rings. The molecule has 5 rings (SSSR count). The van der Waals surface area contributed by atoms with E-state index in [1.165, 1.54) is 0 Å². The van der Waals surface area contributed by atoms with Crippen molar-refractivity contribution in [2.75, 3.05) is 20.8 Å². The Morgan fingerprint density at radius 1 is 1.10 bits per heavy atom. The highest BCUT2D eigenvalue weighted by molar-refractivity contribution is 5.93. The van der Waals surface area contributed by atoms with Crippen molar-refractivity contribution in [2.24, 2.45) is 22.7 Å². The van der Waals surface area contributed by atoms with Crippen LogP contribution in [0.3, 0.4) is 0 Å². The molecule has 2 heterocycles. The normalized spacial score (nSPS) is 49.0. The highest BCUT2D eigenvalue weighted by Gasteiger charge is 2.72. The third-order valence-corrected chi connectivity index (χ3v) is 9.16. The highest BCUT2D eigenvalue weighted by Crippen LogP contribution is 2.64. The number of fused-ring (bicyclic) bond motifs is 4. The molecule has 7 nitrogen and oxygen atoms in total. The molecule has 0 aromatic carbocycles. The summed E-state index contributed by atoms with van der Waals surface area (Å²) < 4.78 is 29.4. The van der Waals surface area contributed by atoms with Gasteiger partial charge in [0.1, 0.15) is 12.2 Å². The quantitative estimate of drug-likeness (QED) is 0.502. The number of ether oxygens (including phenoxy) is 5. The van der Waals surface area contributed by atoms with Gasteiger partial charge in [-0.25, -0.2) is 4.79 Å². The van der Waals surface area contributed by atoms with Gasteiger partial charge >= 0.3 is 6.16 Å². The van der Waals surface area contributed by atoms with Gasteiger partial charge in [0.05, 0.1) is 24.2 Å². The molecule has 4 fully saturated rings. The first-order chi connectivity index (χ1) is 14.1. The summed E-state index contributed by atoms with van der Waals surface area (Å²) in [6.07, 6.45) is -0.131. The third-order valence-electron chi connectivity index (χ3n) is 9.16. The zero-order valence-electron chi connectivity index (χ0n) is 18.7. The number of methoxy groups -OCH3 is 2. The predicted octanol–water partition coefficient (Wildman–Crippen LogP) is 3.05. The first-order valence-electron chi connectivity index (χ1n) is 10.9. The van der Waals surface area contributed by atoms with E-state index in [1.54, 1.807) is 14.2 Å². The second-order valence-corrected chi connectivity index (χ2v) is 10.4. The summed E-state index contributed by atoms with van der Waals surface area (Å²) in [5.74, 6) is 0.228. The number of Topliss-reactive ketones (excluding diaryl/α,β-unsaturated/α-hetero) is 1. The van der Waals surface area contributed by atoms with Crippen LogP contribution in [0, 0.1) is 22.7 Å². The van der Waals surface area contributed by atoms with Gasteiger partial charge in [-0.2, -0.15) is 0 Å². The molecule has 2 bridgehead atoms. The number of ketones is 1. The fourth-order valence-corrected chi connectivity index (χ4v) is 7.43. The molecule has 0 amide bonds. The number of hydrogen-bond donors (Lipinski definition) is 0. The predicted molar refractivity (Wildman–Crippen MR) is 106 cm³/mol. The number of carbonyl (C=O) groups excluding carboxylic acids is 2. The van der Waals surface area contributed by atoms with Crippen molar-refractivity contribution in [2.45, 2.75) is 77.0 Å². The van der Waals surface area contributed by atoms with Crippen LogP contribution < -0.4 is 0 Å². The third kappa shape index (κ3) is 2.21. The molecule has 5 aliphatic rings. The van der Waals surface area contributed by atoms with Crippen LogP contribution in [0.5, 0.6) is 0 Å². The molecule has 2 saturated heterocycles. The van der Waals surface area contributed by atoms with E-state index in [-0.39, 0.29) is 35.9 Å². The highest BCUT2D eigenvalue weighted by atomic mass is 16.8. The fraction of sp³-hybridized carbons (Fsp3) is 0.826. The smallest absolute Gasteiger partial charge is 0.426 e. The fourth-order valence-electron chi connectivity index (χ4n) is 7.43. The van der Waals surface area contributed by atoms with Crippen molar-refractivity contribution in [1.29, 1.82) is 0 Å². The lowest BCUT2D eigenvalue weighted by Gasteiger charge is -2.62. The van der Waals surface area contributed by atoms with Gasteiger partial charge in [0.2, 0.25) is 0 Å². The maximum atomic E-state index is 14.2. The first kappa shape index (κ1) is 20.5. The summed E-state index contributed by atoms with van der Waals surface area (Å²) in [5.41, 5.74) is -0.268. The van der Waals surface area contributed by atoms with Gasteiger partial charge in [0.25, 0.3) is 0 Å². The monoisotopic (exact) mass is 420 g/mol. The van der Waals surface area contributed by atoms with Gasteiger partial charge in [0, 0.05) is 38.4 Å². The molecule has 30 heavy (non-hydrogen) atoms. The van der Waals surface area contributed by atoms with E-state index in [0.29, 0.717) is 25.9 Å². The molecule has 7 heteroatoms. The van der Waals surface area contributed by atoms with Crippen molar-refractivity contribution in [3.05, 3.63) is 11.1 Å². The van der Waals surface area contributed by atoms with Crippen LogP contribution in [0.15, 0.2) is 11.1 Å². The molecule has 2 aliphatic heterocycles. The van der Waals surface area contributed by atoms with Crippen molar-refractivity contribution in [3.8, 4) is 0 Å². The Labute approximate surface area is 177 Å². The summed E-state index contributed by atoms with van der Waals surface area (Å²) >= 11 is 0. The number of hydrogen-bond acceptors (Lipinski definition) is 7. The Kier molecular flexibility index (Phi) is 4.30. The van der Waals surface area contributed by atoms with Crippen LogP contribution in [0.1, 0.15) is 47.0 Å². The summed E-state index contributed by atoms with van der Waals surface area (Å²) in [5, 5.41) is 0. The summed E-state index contributed by atoms with van der Waals surface area (Å²) in [7, 11) is 3.25. The molecular formula is C23H32O7. The van der Waals surface area contributed by atoms with Crippen molar-refractivity contribution in [3.63, 3.8) is 0 Å². The molecule has 2 saturated carbocycles. The Morgan fingerprint density at radius 2 is 1.83 bits per heavy atom. The van der Waals surface area contributed by atoms with Crippen LogP contribution in [-0.4, -0.2) is 62.8 Å². The van der Waals surface area contributed by atoms with E-state index >= 15 is 0 Å². The molecule has 0 radical (unpaired) electrons. The Balaban J connectivity index is 1.75. The van der Waals surface area contributed by atoms with E-state index < -0.39 is 28.7 Å². The van der Waals surface area contributed by atoms with E-state index in [2.05, 4.69) is 13.8 Å². The molecule has 0 N–H and O–H groups in total. The molecule has 166 valence electrons. The zero-order valence-corrected chi connectivity index (χ0v) is 18.7. The van der Waals surface area contributed by atoms with Crippen molar-refractivity contribution >= 4 is 11.9 Å². The van der Waals surface area contributed by atoms with Crippen LogP contribution in [-0.2, 0) is 28.5 Å². The Morgan fingerprint density at radius 3 is 2.43 bits per heavy atom. The van der Waals surface area contributed by atoms with Crippen molar-refractivity contribution < 1.29 is 33.3 Å². The summed E-state index contributed by atoms with van der Waals surface area (Å²) in [4.78, 5) is 26.6. The maximum absolute atomic E-state index is 14.2. The Hall–Kier alpha value is -1.44. The molecule has 1 spiro atoms. The molecule has 3 aliphatic carbocycles. The number of rotatable bonds is 2. The second-order valence-electron chi connectivity index (χ2n) is 10.4. The lowest BCUT2D eigenvalue weighted by molar-refractivity contribution is -0.245. The molecule has 0 aromatic heterocycles. The van der Waals surface area contributed by atoms with Gasteiger partial charge < -0.3 is 23.7 Å². The largest absolute Gasteiger partial charge is 0.509 e. The SMILES string of the molecule is COC1C(=O)C2(C)C(OC)CC3OCC3C2CC23OC(=O)OC2CC(C)=C1C3(C)C. The van der Waals surface area contributed by atoms with Crippen molar-refractivity contribution in [1.82, 2.24) is 0 Å². The Bertz CT molecular complexity index is 831. The zero-order chi connectivity index (χ0) is 21.6. The topological polar surface area (TPSA) is 80.3 Å². The summed E-state index contributed by atoms with van der Waals surface area (Å²) in [6, 6.07) is 0. The lowest BCUT2D eigenvalue weighted by Crippen LogP contribution is -2.70. The minimum Gasteiger partial charge on any atom is -0.426 e. The van der Waals surface area contributed by atoms with Crippen LogP contribution in [0.2, 0.25) is 0 Å². The minimum absolute atomic E-state index is 0.0590. The van der Waals surface area contributed by atoms with E-state index in [4.69, 9.17) is 23.7 Å². The molecule has 8 atom stereocenters. The molecular weight excluding hydrogens is 388 g/mol. The van der Waals surface area contributed by atoms with Crippen LogP contribution >= 0.6 is 0 Å². The first-order valence-corrected chi connectivity index (χ1v) is 10.9. The van der Waals surface area contributed by atoms with Gasteiger partial charge in [-0.1, -0.05) is 19.4 Å². The van der Waals surface area contributed by atoms with Gasteiger partial charge in [-0.15, -0.1) is 0 Å². The van der Waals surface area contributed by atoms with E-state index in [9.17, 15) is 9.59 Å². The average Bonchev–Trinajstić information content (AvgIpc) is 2.98. The lowest BCUT2D eigenvalue weighted by atomic mass is 9.46. The van der Waals surface area contributed by atoms with Crippen LogP contribution in [0.4, 0.5) is 4.79 Å². The van der Waals surface area contributed by atoms with Crippen LogP contribution in [0.25, 0.3) is 0 Å². The average molecular weight is 421 g/mol. The van der Waals surface area contributed by atoms with E-state index in [1.807, 2.05) is 13.8 Å². The van der Waals surface area contributed by atoms with E-state index in [0.717, 1.165) is 11.1 Å². The molecule has 8 unspecified atom stereocenters. The number of carbonyl (C=O) groups is 2. The minimum atomic E-state index is -0.849. The second kappa shape index (κ2) is 6.30. The van der Waals surface area contributed by atoms with Gasteiger partial charge in [-0.3, -0.25) is 4.79 Å².